The monoisotopic (exact) mass is 412 g/mol. The van der Waals surface area contributed by atoms with Crippen LogP contribution in [0.3, 0.4) is 0 Å². The van der Waals surface area contributed by atoms with Crippen LogP contribution < -0.4 is 10.6 Å². The lowest BCUT2D eigenvalue weighted by atomic mass is 10.1. The molecule has 0 aliphatic carbocycles. The predicted octanol–water partition coefficient (Wildman–Crippen LogP) is 1.65. The van der Waals surface area contributed by atoms with Crippen molar-refractivity contribution in [2.24, 2.45) is 0 Å². The van der Waals surface area contributed by atoms with Crippen LogP contribution in [0.4, 0.5) is 10.1 Å². The molecule has 3 amide bonds. The van der Waals surface area contributed by atoms with Crippen molar-refractivity contribution in [1.82, 2.24) is 15.1 Å². The minimum Gasteiger partial charge on any atom is -0.343 e. The zero-order chi connectivity index (χ0) is 21.5. The van der Waals surface area contributed by atoms with Gasteiger partial charge in [-0.25, -0.2) is 4.39 Å². The van der Waals surface area contributed by atoms with E-state index in [1.807, 2.05) is 17.9 Å². The summed E-state index contributed by atoms with van der Waals surface area (Å²) in [5, 5.41) is 5.39. The number of anilines is 1. The zero-order valence-electron chi connectivity index (χ0n) is 16.9. The zero-order valence-corrected chi connectivity index (χ0v) is 16.9. The molecule has 2 aromatic rings. The van der Waals surface area contributed by atoms with Crippen LogP contribution in [0, 0.1) is 12.7 Å². The number of piperazine rings is 1. The second-order valence-electron chi connectivity index (χ2n) is 7.26. The lowest BCUT2D eigenvalue weighted by molar-refractivity contribution is -0.132. The molecule has 1 aliphatic heterocycles. The average molecular weight is 412 g/mol. The standard InChI is InChI=1S/C22H25FN4O3/c1-16-3-2-4-17(13-16)22(30)24-14-21(29)27-11-9-26(10-12-27)15-20(28)25-19-7-5-18(23)6-8-19/h2-8,13H,9-12,14-15H2,1H3,(H,24,30)(H,25,28). The molecule has 0 aromatic heterocycles. The van der Waals surface area contributed by atoms with Crippen LogP contribution in [-0.4, -0.2) is 66.8 Å². The Hall–Kier alpha value is -3.26. The van der Waals surface area contributed by atoms with E-state index >= 15 is 0 Å². The summed E-state index contributed by atoms with van der Waals surface area (Å²) in [5.74, 6) is -0.967. The number of rotatable bonds is 6. The fraction of sp³-hybridized carbons (Fsp3) is 0.318. The molecule has 30 heavy (non-hydrogen) atoms. The van der Waals surface area contributed by atoms with Gasteiger partial charge in [-0.05, 0) is 43.3 Å². The summed E-state index contributed by atoms with van der Waals surface area (Å²) in [4.78, 5) is 40.3. The molecule has 7 nitrogen and oxygen atoms in total. The second-order valence-corrected chi connectivity index (χ2v) is 7.26. The van der Waals surface area contributed by atoms with E-state index in [-0.39, 0.29) is 36.6 Å². The van der Waals surface area contributed by atoms with Crippen LogP contribution in [-0.2, 0) is 9.59 Å². The van der Waals surface area contributed by atoms with Gasteiger partial charge < -0.3 is 15.5 Å². The number of halogens is 1. The van der Waals surface area contributed by atoms with Crippen molar-refractivity contribution in [3.05, 3.63) is 65.5 Å². The molecule has 1 fully saturated rings. The van der Waals surface area contributed by atoms with Gasteiger partial charge in [0.25, 0.3) is 5.91 Å². The molecule has 0 atom stereocenters. The van der Waals surface area contributed by atoms with Crippen molar-refractivity contribution in [3.63, 3.8) is 0 Å². The summed E-state index contributed by atoms with van der Waals surface area (Å²) in [7, 11) is 0. The predicted molar refractivity (Wildman–Crippen MR) is 112 cm³/mol. The smallest absolute Gasteiger partial charge is 0.251 e. The quantitative estimate of drug-likeness (QED) is 0.756. The third kappa shape index (κ3) is 6.12. The van der Waals surface area contributed by atoms with Gasteiger partial charge in [0.2, 0.25) is 11.8 Å². The number of carbonyl (C=O) groups excluding carboxylic acids is 3. The van der Waals surface area contributed by atoms with E-state index in [1.54, 1.807) is 23.1 Å². The van der Waals surface area contributed by atoms with Gasteiger partial charge >= 0.3 is 0 Å². The van der Waals surface area contributed by atoms with Crippen LogP contribution in [0.1, 0.15) is 15.9 Å². The van der Waals surface area contributed by atoms with Gasteiger partial charge in [0.05, 0.1) is 13.1 Å². The Labute approximate surface area is 174 Å². The van der Waals surface area contributed by atoms with Crippen LogP contribution in [0.25, 0.3) is 0 Å². The summed E-state index contributed by atoms with van der Waals surface area (Å²) < 4.78 is 12.9. The third-order valence-electron chi connectivity index (χ3n) is 4.90. The average Bonchev–Trinajstić information content (AvgIpc) is 2.74. The van der Waals surface area contributed by atoms with E-state index in [4.69, 9.17) is 0 Å². The van der Waals surface area contributed by atoms with Gasteiger partial charge in [-0.2, -0.15) is 0 Å². The molecule has 1 aliphatic rings. The van der Waals surface area contributed by atoms with Gasteiger partial charge in [0, 0.05) is 37.4 Å². The minimum atomic E-state index is -0.358. The van der Waals surface area contributed by atoms with Gasteiger partial charge in [0.15, 0.2) is 0 Å². The lowest BCUT2D eigenvalue weighted by Gasteiger charge is -2.34. The van der Waals surface area contributed by atoms with E-state index in [1.165, 1.54) is 24.3 Å². The molecule has 1 heterocycles. The maximum atomic E-state index is 12.9. The Balaban J connectivity index is 1.39. The molecule has 0 saturated carbocycles. The number of aryl methyl sites for hydroxylation is 1. The Morgan fingerprint density at radius 2 is 1.70 bits per heavy atom. The Bertz CT molecular complexity index is 909. The van der Waals surface area contributed by atoms with E-state index in [0.717, 1.165) is 5.56 Å². The number of hydrogen-bond donors (Lipinski definition) is 2. The largest absolute Gasteiger partial charge is 0.343 e. The Kier molecular flexibility index (Phi) is 7.13. The van der Waals surface area contributed by atoms with Crippen molar-refractivity contribution in [1.29, 1.82) is 0 Å². The minimum absolute atomic E-state index is 0.0577. The number of amides is 3. The van der Waals surface area contributed by atoms with Crippen molar-refractivity contribution < 1.29 is 18.8 Å². The highest BCUT2D eigenvalue weighted by Gasteiger charge is 2.22. The number of nitrogens with one attached hydrogen (secondary N) is 2. The van der Waals surface area contributed by atoms with E-state index in [9.17, 15) is 18.8 Å². The first-order chi connectivity index (χ1) is 14.4. The van der Waals surface area contributed by atoms with Crippen molar-refractivity contribution in [2.45, 2.75) is 6.92 Å². The molecule has 0 bridgehead atoms. The Morgan fingerprint density at radius 3 is 2.37 bits per heavy atom. The molecule has 0 spiro atoms. The van der Waals surface area contributed by atoms with Crippen molar-refractivity contribution in [2.75, 3.05) is 44.6 Å². The molecule has 2 aromatic carbocycles. The maximum absolute atomic E-state index is 12.9. The highest BCUT2D eigenvalue weighted by Crippen LogP contribution is 2.09. The van der Waals surface area contributed by atoms with Crippen LogP contribution in [0.15, 0.2) is 48.5 Å². The highest BCUT2D eigenvalue weighted by atomic mass is 19.1. The van der Waals surface area contributed by atoms with Crippen molar-refractivity contribution in [3.8, 4) is 0 Å². The summed E-state index contributed by atoms with van der Waals surface area (Å²) in [5.41, 5.74) is 2.05. The summed E-state index contributed by atoms with van der Waals surface area (Å²) in [6, 6.07) is 12.8. The summed E-state index contributed by atoms with van der Waals surface area (Å²) in [6.45, 7) is 4.15. The van der Waals surface area contributed by atoms with Gasteiger partial charge in [0.1, 0.15) is 5.82 Å². The Morgan fingerprint density at radius 1 is 1.00 bits per heavy atom. The fourth-order valence-corrected chi connectivity index (χ4v) is 3.25. The number of carbonyl (C=O) groups is 3. The number of nitrogens with zero attached hydrogens (tertiary/aromatic N) is 2. The van der Waals surface area contributed by atoms with Gasteiger partial charge in [-0.1, -0.05) is 17.7 Å². The normalized spacial score (nSPS) is 14.3. The van der Waals surface area contributed by atoms with Crippen LogP contribution in [0.2, 0.25) is 0 Å². The molecular formula is C22H25FN4O3. The fourth-order valence-electron chi connectivity index (χ4n) is 3.25. The highest BCUT2D eigenvalue weighted by molar-refractivity contribution is 5.96. The first kappa shape index (κ1) is 21.4. The van der Waals surface area contributed by atoms with Crippen LogP contribution in [0.5, 0.6) is 0 Å². The molecule has 0 unspecified atom stereocenters. The summed E-state index contributed by atoms with van der Waals surface area (Å²) >= 11 is 0. The van der Waals surface area contributed by atoms with E-state index < -0.39 is 0 Å². The van der Waals surface area contributed by atoms with Gasteiger partial charge in [-0.3, -0.25) is 19.3 Å². The maximum Gasteiger partial charge on any atom is 0.251 e. The second kappa shape index (κ2) is 9.98. The third-order valence-corrected chi connectivity index (χ3v) is 4.90. The van der Waals surface area contributed by atoms with Crippen molar-refractivity contribution >= 4 is 23.4 Å². The molecule has 3 rings (SSSR count). The molecule has 0 radical (unpaired) electrons. The number of benzene rings is 2. The van der Waals surface area contributed by atoms with Gasteiger partial charge in [-0.15, -0.1) is 0 Å². The van der Waals surface area contributed by atoms with E-state index in [2.05, 4.69) is 10.6 Å². The first-order valence-corrected chi connectivity index (χ1v) is 9.81. The lowest BCUT2D eigenvalue weighted by Crippen LogP contribution is -2.52. The van der Waals surface area contributed by atoms with E-state index in [0.29, 0.717) is 37.4 Å². The number of hydrogen-bond acceptors (Lipinski definition) is 4. The molecule has 1 saturated heterocycles. The first-order valence-electron chi connectivity index (χ1n) is 9.81. The van der Waals surface area contributed by atoms with Crippen LogP contribution >= 0.6 is 0 Å². The summed E-state index contributed by atoms with van der Waals surface area (Å²) in [6.07, 6.45) is 0. The molecular weight excluding hydrogens is 387 g/mol. The molecule has 8 heteroatoms. The molecule has 2 N–H and O–H groups in total. The topological polar surface area (TPSA) is 81.8 Å². The SMILES string of the molecule is Cc1cccc(C(=O)NCC(=O)N2CCN(CC(=O)Nc3ccc(F)cc3)CC2)c1. The molecule has 158 valence electrons.